The molecule has 0 radical (unpaired) electrons. The highest BCUT2D eigenvalue weighted by molar-refractivity contribution is 6.17. The third-order valence-electron chi connectivity index (χ3n) is 8.22. The molecule has 0 saturated carbocycles. The predicted molar refractivity (Wildman–Crippen MR) is 169 cm³/mol. The van der Waals surface area contributed by atoms with Crippen LogP contribution in [0, 0.1) is 0 Å². The van der Waals surface area contributed by atoms with Gasteiger partial charge in [-0.05, 0) is 70.8 Å². The first-order valence-corrected chi connectivity index (χ1v) is 13.9. The van der Waals surface area contributed by atoms with Crippen molar-refractivity contribution in [3.63, 3.8) is 0 Å². The van der Waals surface area contributed by atoms with Gasteiger partial charge in [0.15, 0.2) is 5.58 Å². The number of furan rings is 2. The molecule has 0 saturated heterocycles. The summed E-state index contributed by atoms with van der Waals surface area (Å²) in [5.41, 5.74) is 11.6. The van der Waals surface area contributed by atoms with Crippen molar-refractivity contribution in [2.45, 2.75) is 0 Å². The number of para-hydroxylation sites is 3. The minimum atomic E-state index is 0.879. The summed E-state index contributed by atoms with van der Waals surface area (Å²) in [5, 5.41) is 4.49. The Kier molecular flexibility index (Phi) is 4.61. The van der Waals surface area contributed by atoms with E-state index in [0.29, 0.717) is 0 Å². The van der Waals surface area contributed by atoms with Crippen LogP contribution in [0.5, 0.6) is 0 Å². The number of aromatic nitrogens is 1. The van der Waals surface area contributed by atoms with Gasteiger partial charge in [0.1, 0.15) is 22.3 Å². The highest BCUT2D eigenvalue weighted by Gasteiger charge is 2.20. The van der Waals surface area contributed by atoms with E-state index in [0.717, 1.165) is 77.3 Å². The van der Waals surface area contributed by atoms with E-state index in [4.69, 9.17) is 8.83 Å². The molecule has 0 aliphatic rings. The number of fused-ring (bicyclic) bond motifs is 8. The van der Waals surface area contributed by atoms with Crippen molar-refractivity contribution in [2.75, 3.05) is 0 Å². The quantitative estimate of drug-likeness (QED) is 0.230. The molecule has 0 fully saturated rings. The van der Waals surface area contributed by atoms with Crippen LogP contribution in [0.1, 0.15) is 0 Å². The van der Waals surface area contributed by atoms with Gasteiger partial charge in [-0.15, -0.1) is 0 Å². The first-order chi connectivity index (χ1) is 20.3. The Hall–Kier alpha value is -5.54. The van der Waals surface area contributed by atoms with Gasteiger partial charge >= 0.3 is 0 Å². The molecule has 0 N–H and O–H groups in total. The second-order valence-electron chi connectivity index (χ2n) is 10.5. The maximum Gasteiger partial charge on any atom is 0.161 e. The zero-order valence-corrected chi connectivity index (χ0v) is 22.0. The van der Waals surface area contributed by atoms with E-state index in [1.165, 1.54) is 5.56 Å². The Bertz CT molecular complexity index is 2420. The van der Waals surface area contributed by atoms with Gasteiger partial charge in [0.2, 0.25) is 0 Å². The fourth-order valence-electron chi connectivity index (χ4n) is 6.45. The number of rotatable bonds is 3. The summed E-state index contributed by atoms with van der Waals surface area (Å²) >= 11 is 0. The van der Waals surface area contributed by atoms with E-state index >= 15 is 0 Å². The maximum absolute atomic E-state index is 6.66. The summed E-state index contributed by atoms with van der Waals surface area (Å²) in [5.74, 6) is 0. The Morgan fingerprint density at radius 2 is 1.15 bits per heavy atom. The van der Waals surface area contributed by atoms with Gasteiger partial charge < -0.3 is 13.4 Å². The van der Waals surface area contributed by atoms with Crippen LogP contribution in [0.2, 0.25) is 0 Å². The molecule has 41 heavy (non-hydrogen) atoms. The van der Waals surface area contributed by atoms with Crippen molar-refractivity contribution in [1.29, 1.82) is 0 Å². The molecule has 0 spiro atoms. The molecular weight excluding hydrogens is 502 g/mol. The second kappa shape index (κ2) is 8.48. The molecule has 0 unspecified atom stereocenters. The third-order valence-corrected chi connectivity index (χ3v) is 8.22. The van der Waals surface area contributed by atoms with E-state index in [2.05, 4.69) is 126 Å². The average molecular weight is 526 g/mol. The second-order valence-corrected chi connectivity index (χ2v) is 10.5. The predicted octanol–water partition coefficient (Wildman–Crippen LogP) is 10.8. The monoisotopic (exact) mass is 525 g/mol. The summed E-state index contributed by atoms with van der Waals surface area (Å²) in [6.07, 6.45) is 0. The lowest BCUT2D eigenvalue weighted by atomic mass is 9.91. The molecule has 6 aromatic carbocycles. The van der Waals surface area contributed by atoms with E-state index in [1.54, 1.807) is 0 Å². The van der Waals surface area contributed by atoms with Crippen molar-refractivity contribution >= 4 is 54.9 Å². The smallest absolute Gasteiger partial charge is 0.161 e. The topological polar surface area (TPSA) is 31.2 Å². The Labute approximate surface area is 235 Å². The van der Waals surface area contributed by atoms with Crippen LogP contribution >= 0.6 is 0 Å². The van der Waals surface area contributed by atoms with Crippen LogP contribution in [0.4, 0.5) is 0 Å². The van der Waals surface area contributed by atoms with Crippen molar-refractivity contribution in [2.24, 2.45) is 0 Å². The van der Waals surface area contributed by atoms with Gasteiger partial charge in [0.25, 0.3) is 0 Å². The molecule has 0 amide bonds. The molecule has 0 atom stereocenters. The number of hydrogen-bond acceptors (Lipinski definition) is 2. The van der Waals surface area contributed by atoms with Crippen molar-refractivity contribution in [3.8, 4) is 27.9 Å². The minimum Gasteiger partial charge on any atom is -0.456 e. The maximum atomic E-state index is 6.66. The van der Waals surface area contributed by atoms with Crippen LogP contribution < -0.4 is 0 Å². The first-order valence-electron chi connectivity index (χ1n) is 13.9. The molecule has 0 aliphatic heterocycles. The van der Waals surface area contributed by atoms with E-state index in [9.17, 15) is 0 Å². The van der Waals surface area contributed by atoms with Crippen LogP contribution in [0.3, 0.4) is 0 Å². The molecule has 0 bridgehead atoms. The summed E-state index contributed by atoms with van der Waals surface area (Å²) in [6, 6.07) is 48.8. The number of nitrogens with zero attached hydrogens (tertiary/aromatic N) is 1. The summed E-state index contributed by atoms with van der Waals surface area (Å²) in [4.78, 5) is 0. The highest BCUT2D eigenvalue weighted by atomic mass is 16.3. The largest absolute Gasteiger partial charge is 0.456 e. The lowest BCUT2D eigenvalue weighted by Crippen LogP contribution is -1.92. The van der Waals surface area contributed by atoms with E-state index in [-0.39, 0.29) is 0 Å². The zero-order valence-electron chi connectivity index (χ0n) is 22.0. The Morgan fingerprint density at radius 3 is 2.05 bits per heavy atom. The Morgan fingerprint density at radius 1 is 0.439 bits per heavy atom. The van der Waals surface area contributed by atoms with E-state index < -0.39 is 0 Å². The van der Waals surface area contributed by atoms with Crippen LogP contribution in [0.15, 0.2) is 148 Å². The minimum absolute atomic E-state index is 0.879. The first kappa shape index (κ1) is 22.3. The van der Waals surface area contributed by atoms with Gasteiger partial charge in [-0.2, -0.15) is 0 Å². The molecule has 3 aromatic heterocycles. The Balaban J connectivity index is 1.29. The zero-order chi connectivity index (χ0) is 26.9. The molecule has 0 aliphatic carbocycles. The van der Waals surface area contributed by atoms with Gasteiger partial charge in [-0.3, -0.25) is 0 Å². The lowest BCUT2D eigenvalue weighted by Gasteiger charge is -2.12. The fourth-order valence-corrected chi connectivity index (χ4v) is 6.45. The van der Waals surface area contributed by atoms with E-state index in [1.807, 2.05) is 18.2 Å². The third kappa shape index (κ3) is 3.20. The molecule has 3 heteroatoms. The van der Waals surface area contributed by atoms with Gasteiger partial charge in [-0.1, -0.05) is 91.0 Å². The van der Waals surface area contributed by atoms with Crippen molar-refractivity contribution < 1.29 is 8.83 Å². The molecule has 3 nitrogen and oxygen atoms in total. The van der Waals surface area contributed by atoms with Gasteiger partial charge in [0.05, 0.1) is 5.52 Å². The summed E-state index contributed by atoms with van der Waals surface area (Å²) in [7, 11) is 0. The summed E-state index contributed by atoms with van der Waals surface area (Å²) in [6.45, 7) is 0. The lowest BCUT2D eigenvalue weighted by molar-refractivity contribution is 0.669. The van der Waals surface area contributed by atoms with Gasteiger partial charge in [-0.25, -0.2) is 0 Å². The van der Waals surface area contributed by atoms with Crippen LogP contribution in [-0.4, -0.2) is 4.57 Å². The standard InChI is InChI=1S/C38H23NO2/c1-2-11-25(12-3-1)39-32-18-8-6-15-29(32)38-37(39)31-22-21-24(23-35(31)41-38)26-13-4-5-14-27(26)28-17-10-20-34-36(28)30-16-7-9-19-33(30)40-34/h1-23H. The number of hydrogen-bond donors (Lipinski definition) is 0. The van der Waals surface area contributed by atoms with Crippen LogP contribution in [-0.2, 0) is 0 Å². The molecular formula is C38H23NO2. The fraction of sp³-hybridized carbons (Fsp3) is 0. The number of benzene rings is 6. The molecule has 9 aromatic rings. The highest BCUT2D eigenvalue weighted by Crippen LogP contribution is 2.43. The van der Waals surface area contributed by atoms with Crippen LogP contribution in [0.25, 0.3) is 82.9 Å². The molecule has 192 valence electrons. The SMILES string of the molecule is c1ccc(-n2c3ccccc3c3oc4cc(-c5ccccc5-c5cccc6oc7ccccc7c56)ccc4c32)cc1. The van der Waals surface area contributed by atoms with Crippen molar-refractivity contribution in [1.82, 2.24) is 4.57 Å². The average Bonchev–Trinajstić information content (AvgIpc) is 3.70. The molecule has 3 heterocycles. The summed E-state index contributed by atoms with van der Waals surface area (Å²) < 4.78 is 15.2. The normalized spacial score (nSPS) is 11.9. The van der Waals surface area contributed by atoms with Crippen molar-refractivity contribution in [3.05, 3.63) is 140 Å². The van der Waals surface area contributed by atoms with Gasteiger partial charge in [0, 0.05) is 27.2 Å². The molecule has 9 rings (SSSR count).